The Morgan fingerprint density at radius 2 is 2.12 bits per heavy atom. The van der Waals surface area contributed by atoms with E-state index in [1.54, 1.807) is 0 Å². The van der Waals surface area contributed by atoms with E-state index in [2.05, 4.69) is 9.71 Å². The Morgan fingerprint density at radius 3 is 2.64 bits per heavy atom. The molecule has 1 aliphatic rings. The standard InChI is InChI=1S/C14H24N4O6S/c1-8(2)23-11-9(7-25(20,21)16-3)24-13(12(11)22-4)18-6-5-10(15)17-14(18)19/h5-6,8-9,11-13,16H,7H2,1-4H3,(H2,15,17,19)/t9?,11-,12-,13-/m1/s1. The lowest BCUT2D eigenvalue weighted by Crippen LogP contribution is -2.42. The Bertz CT molecular complexity index is 750. The molecule has 0 bridgehead atoms. The number of sulfonamides is 1. The first kappa shape index (κ1) is 19.8. The predicted octanol–water partition coefficient (Wildman–Crippen LogP) is -0.919. The molecule has 25 heavy (non-hydrogen) atoms. The molecule has 0 spiro atoms. The van der Waals surface area contributed by atoms with Crippen LogP contribution in [0.25, 0.3) is 0 Å². The first-order chi connectivity index (χ1) is 11.7. The second-order valence-electron chi connectivity index (χ2n) is 5.94. The van der Waals surface area contributed by atoms with Gasteiger partial charge in [0, 0.05) is 13.3 Å². The summed E-state index contributed by atoms with van der Waals surface area (Å²) in [5, 5.41) is 0. The first-order valence-corrected chi connectivity index (χ1v) is 9.43. The SMILES string of the molecule is CNS(=O)(=O)CC1O[C@@H](n2ccc(N)nc2=O)[C@H](OC)[C@@H]1OC(C)C. The highest BCUT2D eigenvalue weighted by atomic mass is 32.2. The van der Waals surface area contributed by atoms with Gasteiger partial charge in [-0.2, -0.15) is 4.98 Å². The number of nitrogen functional groups attached to an aromatic ring is 1. The third kappa shape index (κ3) is 4.55. The fourth-order valence-electron chi connectivity index (χ4n) is 2.71. The van der Waals surface area contributed by atoms with Gasteiger partial charge in [0.2, 0.25) is 10.0 Å². The Morgan fingerprint density at radius 1 is 1.44 bits per heavy atom. The number of aromatic nitrogens is 2. The molecule has 2 rings (SSSR count). The van der Waals surface area contributed by atoms with Gasteiger partial charge in [-0.15, -0.1) is 0 Å². The zero-order valence-electron chi connectivity index (χ0n) is 14.6. The number of anilines is 1. The van der Waals surface area contributed by atoms with Gasteiger partial charge in [0.1, 0.15) is 24.1 Å². The smallest absolute Gasteiger partial charge is 0.351 e. The molecule has 1 fully saturated rings. The van der Waals surface area contributed by atoms with E-state index in [9.17, 15) is 13.2 Å². The zero-order valence-corrected chi connectivity index (χ0v) is 15.4. The quantitative estimate of drug-likeness (QED) is 0.624. The van der Waals surface area contributed by atoms with Crippen molar-refractivity contribution in [3.8, 4) is 0 Å². The van der Waals surface area contributed by atoms with Crippen LogP contribution in [0.5, 0.6) is 0 Å². The number of nitrogens with one attached hydrogen (secondary N) is 1. The minimum Gasteiger partial charge on any atom is -0.383 e. The average molecular weight is 376 g/mol. The highest BCUT2D eigenvalue weighted by Crippen LogP contribution is 2.33. The second kappa shape index (κ2) is 7.79. The molecule has 1 aromatic heterocycles. The van der Waals surface area contributed by atoms with E-state index < -0.39 is 40.3 Å². The van der Waals surface area contributed by atoms with Crippen LogP contribution in [0, 0.1) is 0 Å². The van der Waals surface area contributed by atoms with Gasteiger partial charge in [-0.25, -0.2) is 17.9 Å². The van der Waals surface area contributed by atoms with Crippen molar-refractivity contribution < 1.29 is 22.6 Å². The van der Waals surface area contributed by atoms with Gasteiger partial charge in [0.15, 0.2) is 6.23 Å². The summed E-state index contributed by atoms with van der Waals surface area (Å²) < 4.78 is 44.5. The largest absolute Gasteiger partial charge is 0.383 e. The van der Waals surface area contributed by atoms with Crippen LogP contribution >= 0.6 is 0 Å². The Kier molecular flexibility index (Phi) is 6.16. The molecule has 1 aliphatic heterocycles. The highest BCUT2D eigenvalue weighted by Gasteiger charge is 2.48. The lowest BCUT2D eigenvalue weighted by atomic mass is 10.1. The van der Waals surface area contributed by atoms with Crippen LogP contribution in [0.2, 0.25) is 0 Å². The van der Waals surface area contributed by atoms with Crippen LogP contribution in [0.3, 0.4) is 0 Å². The maximum Gasteiger partial charge on any atom is 0.351 e. The summed E-state index contributed by atoms with van der Waals surface area (Å²) >= 11 is 0. The molecule has 0 aromatic carbocycles. The topological polar surface area (TPSA) is 135 Å². The van der Waals surface area contributed by atoms with Gasteiger partial charge in [-0.1, -0.05) is 0 Å². The van der Waals surface area contributed by atoms with E-state index in [1.165, 1.54) is 31.0 Å². The second-order valence-corrected chi connectivity index (χ2v) is 7.91. The first-order valence-electron chi connectivity index (χ1n) is 7.78. The number of ether oxygens (including phenoxy) is 3. The van der Waals surface area contributed by atoms with Crippen LogP contribution in [-0.4, -0.2) is 62.3 Å². The summed E-state index contributed by atoms with van der Waals surface area (Å²) in [4.78, 5) is 15.8. The van der Waals surface area contributed by atoms with Crippen molar-refractivity contribution in [1.82, 2.24) is 14.3 Å². The van der Waals surface area contributed by atoms with Gasteiger partial charge in [0.25, 0.3) is 0 Å². The number of rotatable bonds is 7. The molecule has 1 aromatic rings. The average Bonchev–Trinajstić information content (AvgIpc) is 2.83. The molecule has 11 heteroatoms. The molecule has 0 amide bonds. The van der Waals surface area contributed by atoms with Crippen molar-refractivity contribution in [2.45, 2.75) is 44.5 Å². The lowest BCUT2D eigenvalue weighted by Gasteiger charge is -2.25. The summed E-state index contributed by atoms with van der Waals surface area (Å²) in [6, 6.07) is 1.45. The van der Waals surface area contributed by atoms with Crippen LogP contribution in [0.4, 0.5) is 5.82 Å². The van der Waals surface area contributed by atoms with Gasteiger partial charge < -0.3 is 19.9 Å². The lowest BCUT2D eigenvalue weighted by molar-refractivity contribution is -0.0777. The molecule has 1 saturated heterocycles. The van der Waals surface area contributed by atoms with E-state index in [-0.39, 0.29) is 17.7 Å². The van der Waals surface area contributed by atoms with Crippen molar-refractivity contribution in [2.75, 3.05) is 25.6 Å². The molecule has 3 N–H and O–H groups in total. The molecule has 2 heterocycles. The van der Waals surface area contributed by atoms with E-state index in [0.29, 0.717) is 0 Å². The number of hydrogen-bond donors (Lipinski definition) is 2. The zero-order chi connectivity index (χ0) is 18.8. The molecule has 0 saturated carbocycles. The van der Waals surface area contributed by atoms with Crippen LogP contribution in [0.1, 0.15) is 20.1 Å². The van der Waals surface area contributed by atoms with Crippen molar-refractivity contribution in [2.24, 2.45) is 0 Å². The molecule has 10 nitrogen and oxygen atoms in total. The molecule has 4 atom stereocenters. The summed E-state index contributed by atoms with van der Waals surface area (Å²) in [5.41, 5.74) is 4.89. The van der Waals surface area contributed by atoms with Crippen molar-refractivity contribution in [1.29, 1.82) is 0 Å². The van der Waals surface area contributed by atoms with Gasteiger partial charge in [-0.3, -0.25) is 4.57 Å². The van der Waals surface area contributed by atoms with Gasteiger partial charge in [-0.05, 0) is 27.0 Å². The van der Waals surface area contributed by atoms with E-state index in [4.69, 9.17) is 19.9 Å². The molecule has 0 radical (unpaired) electrons. The number of nitrogens with two attached hydrogens (primary N) is 1. The summed E-state index contributed by atoms with van der Waals surface area (Å²) in [6.07, 6.45) is -1.83. The van der Waals surface area contributed by atoms with Crippen LogP contribution < -0.4 is 16.1 Å². The summed E-state index contributed by atoms with van der Waals surface area (Å²) in [5.74, 6) is -0.244. The molecular formula is C14H24N4O6S. The van der Waals surface area contributed by atoms with E-state index >= 15 is 0 Å². The Hall–Kier alpha value is -1.53. The number of nitrogens with zero attached hydrogens (tertiary/aromatic N) is 2. The van der Waals surface area contributed by atoms with Gasteiger partial charge in [0.05, 0.1) is 11.9 Å². The Balaban J connectivity index is 2.39. The third-order valence-electron chi connectivity index (χ3n) is 3.81. The monoisotopic (exact) mass is 376 g/mol. The maximum atomic E-state index is 12.1. The summed E-state index contributed by atoms with van der Waals surface area (Å²) in [7, 11) is -0.791. The number of methoxy groups -OCH3 is 1. The van der Waals surface area contributed by atoms with Crippen LogP contribution in [-0.2, 0) is 24.2 Å². The number of hydrogen-bond acceptors (Lipinski definition) is 8. The molecular weight excluding hydrogens is 352 g/mol. The predicted molar refractivity (Wildman–Crippen MR) is 90.5 cm³/mol. The molecule has 0 aliphatic carbocycles. The fraction of sp³-hybridized carbons (Fsp3) is 0.714. The molecule has 142 valence electrons. The minimum absolute atomic E-state index is 0.0810. The maximum absolute atomic E-state index is 12.1. The van der Waals surface area contributed by atoms with E-state index in [1.807, 2.05) is 13.8 Å². The Labute approximate surface area is 146 Å². The third-order valence-corrected chi connectivity index (χ3v) is 5.20. The molecule has 1 unspecified atom stereocenters. The fourth-order valence-corrected chi connectivity index (χ4v) is 3.58. The van der Waals surface area contributed by atoms with Gasteiger partial charge >= 0.3 is 5.69 Å². The van der Waals surface area contributed by atoms with E-state index in [0.717, 1.165) is 0 Å². The van der Waals surface area contributed by atoms with Crippen molar-refractivity contribution in [3.05, 3.63) is 22.7 Å². The normalized spacial score (nSPS) is 27.1. The van der Waals surface area contributed by atoms with Crippen LogP contribution in [0.15, 0.2) is 17.1 Å². The van der Waals surface area contributed by atoms with Crippen molar-refractivity contribution >= 4 is 15.8 Å². The summed E-state index contributed by atoms with van der Waals surface area (Å²) in [6.45, 7) is 3.64. The highest BCUT2D eigenvalue weighted by molar-refractivity contribution is 7.89. The van der Waals surface area contributed by atoms with Crippen molar-refractivity contribution in [3.63, 3.8) is 0 Å². The minimum atomic E-state index is -3.56.